The summed E-state index contributed by atoms with van der Waals surface area (Å²) in [6.07, 6.45) is 0.398. The van der Waals surface area contributed by atoms with Crippen LogP contribution in [-0.4, -0.2) is 20.7 Å². The molecule has 0 aliphatic rings. The third-order valence-electron chi connectivity index (χ3n) is 6.06. The first-order valence-electron chi connectivity index (χ1n) is 12.0. The van der Waals surface area contributed by atoms with Crippen molar-refractivity contribution in [3.05, 3.63) is 96.1 Å². The second-order valence-corrected chi connectivity index (χ2v) is 9.15. The average Bonchev–Trinajstić information content (AvgIpc) is 3.29. The van der Waals surface area contributed by atoms with E-state index in [0.717, 1.165) is 11.1 Å². The summed E-state index contributed by atoms with van der Waals surface area (Å²) in [6, 6.07) is 29.1. The molecule has 0 aliphatic heterocycles. The molecule has 176 valence electrons. The van der Waals surface area contributed by atoms with E-state index in [2.05, 4.69) is 75.3 Å². The van der Waals surface area contributed by atoms with E-state index in [1.54, 1.807) is 0 Å². The van der Waals surface area contributed by atoms with Gasteiger partial charge in [-0.05, 0) is 38.6 Å². The summed E-state index contributed by atoms with van der Waals surface area (Å²) in [5.41, 5.74) is 2.29. The van der Waals surface area contributed by atoms with Crippen LogP contribution in [0.2, 0.25) is 0 Å². The minimum atomic E-state index is -0.0777. The second kappa shape index (κ2) is 9.97. The van der Waals surface area contributed by atoms with E-state index in [-0.39, 0.29) is 11.8 Å². The average molecular weight is 464 g/mol. The molecule has 0 spiro atoms. The van der Waals surface area contributed by atoms with Crippen molar-refractivity contribution in [2.45, 2.75) is 33.4 Å². The largest absolute Gasteiger partial charge is 0.350 e. The zero-order valence-corrected chi connectivity index (χ0v) is 20.0. The van der Waals surface area contributed by atoms with Crippen LogP contribution in [0, 0.1) is 5.92 Å². The number of rotatable bonds is 8. The molecule has 1 aromatic heterocycles. The third-order valence-corrected chi connectivity index (χ3v) is 6.06. The summed E-state index contributed by atoms with van der Waals surface area (Å²) in [5.74, 6) is 1.02. The minimum Gasteiger partial charge on any atom is -0.350 e. The van der Waals surface area contributed by atoms with Gasteiger partial charge in [-0.25, -0.2) is 0 Å². The highest BCUT2D eigenvalue weighted by molar-refractivity contribution is 5.87. The van der Waals surface area contributed by atoms with Gasteiger partial charge in [-0.2, -0.15) is 9.67 Å². The Bertz CT molecular complexity index is 1480. The van der Waals surface area contributed by atoms with Gasteiger partial charge < -0.3 is 10.6 Å². The Morgan fingerprint density at radius 3 is 1.91 bits per heavy atom. The topological polar surface area (TPSA) is 71.8 Å². The number of fused-ring (bicyclic) bond motifs is 2. The number of nitrogens with zero attached hydrogens (tertiary/aromatic N) is 3. The molecule has 0 atom stereocenters. The molecule has 0 saturated heterocycles. The molecule has 0 radical (unpaired) electrons. The predicted octanol–water partition coefficient (Wildman–Crippen LogP) is 6.50. The van der Waals surface area contributed by atoms with Crippen LogP contribution in [0.25, 0.3) is 21.5 Å². The summed E-state index contributed by atoms with van der Waals surface area (Å²) in [7, 11) is 0. The molecule has 0 amide bonds. The molecule has 2 N–H and O–H groups in total. The Hall–Kier alpha value is -4.19. The number of anilines is 2. The molecule has 5 rings (SSSR count). The second-order valence-electron chi connectivity index (χ2n) is 9.15. The third kappa shape index (κ3) is 5.01. The highest BCUT2D eigenvalue weighted by atomic mass is 16.2. The first kappa shape index (κ1) is 22.6. The lowest BCUT2D eigenvalue weighted by Crippen LogP contribution is -2.18. The van der Waals surface area contributed by atoms with Gasteiger partial charge in [0.05, 0.1) is 0 Å². The van der Waals surface area contributed by atoms with Gasteiger partial charge >= 0.3 is 0 Å². The van der Waals surface area contributed by atoms with E-state index in [1.165, 1.54) is 26.2 Å². The summed E-state index contributed by atoms with van der Waals surface area (Å²) < 4.78 is 1.40. The van der Waals surface area contributed by atoms with Gasteiger partial charge in [-0.1, -0.05) is 98.8 Å². The van der Waals surface area contributed by atoms with E-state index in [1.807, 2.05) is 44.2 Å². The lowest BCUT2D eigenvalue weighted by atomic mass is 10.0. The quantitative estimate of drug-likeness (QED) is 0.275. The molecule has 35 heavy (non-hydrogen) atoms. The highest BCUT2D eigenvalue weighted by Crippen LogP contribution is 2.22. The Balaban J connectivity index is 1.39. The maximum absolute atomic E-state index is 13.0. The Morgan fingerprint density at radius 1 is 0.771 bits per heavy atom. The first-order chi connectivity index (χ1) is 17.1. The number of carbonyl (C=O) groups excluding carboxylic acids is 1. The normalized spacial score (nSPS) is 11.3. The lowest BCUT2D eigenvalue weighted by Gasteiger charge is -2.10. The van der Waals surface area contributed by atoms with Crippen molar-refractivity contribution >= 4 is 39.3 Å². The molecular formula is C29H29N5O. The molecule has 6 heteroatoms. The van der Waals surface area contributed by atoms with Crippen molar-refractivity contribution in [2.24, 2.45) is 5.92 Å². The highest BCUT2D eigenvalue weighted by Gasteiger charge is 2.18. The van der Waals surface area contributed by atoms with E-state index in [0.29, 0.717) is 31.4 Å². The summed E-state index contributed by atoms with van der Waals surface area (Å²) >= 11 is 0. The van der Waals surface area contributed by atoms with Crippen LogP contribution in [0.5, 0.6) is 0 Å². The van der Waals surface area contributed by atoms with Gasteiger partial charge in [-0.3, -0.25) is 4.79 Å². The van der Waals surface area contributed by atoms with Crippen LogP contribution in [0.1, 0.15) is 36.2 Å². The predicted molar refractivity (Wildman–Crippen MR) is 143 cm³/mol. The summed E-state index contributed by atoms with van der Waals surface area (Å²) in [5, 5.41) is 15.9. The molecule has 4 aromatic carbocycles. The van der Waals surface area contributed by atoms with Gasteiger partial charge in [0, 0.05) is 19.5 Å². The van der Waals surface area contributed by atoms with Crippen molar-refractivity contribution in [1.82, 2.24) is 14.8 Å². The van der Waals surface area contributed by atoms with E-state index in [4.69, 9.17) is 0 Å². The Labute approximate surface area is 205 Å². The number of hydrogen-bond donors (Lipinski definition) is 2. The van der Waals surface area contributed by atoms with Gasteiger partial charge in [0.15, 0.2) is 0 Å². The van der Waals surface area contributed by atoms with Crippen molar-refractivity contribution in [3.63, 3.8) is 0 Å². The monoisotopic (exact) mass is 463 g/mol. The maximum Gasteiger partial charge on any atom is 0.250 e. The molecule has 0 unspecified atom stereocenters. The number of aromatic nitrogens is 3. The standard InChI is InChI=1S/C29H29N5O/c1-20(2)17-27(35)34-29(31-19-24-14-8-12-22-10-4-6-16-26(22)24)32-28(33-34)30-18-23-13-7-11-21-9-3-5-15-25(21)23/h3-16,20H,17-19H2,1-2H3,(H2,30,31,32,33). The van der Waals surface area contributed by atoms with Gasteiger partial charge in [0.25, 0.3) is 0 Å². The molecule has 0 bridgehead atoms. The van der Waals surface area contributed by atoms with Crippen LogP contribution in [0.15, 0.2) is 84.9 Å². The van der Waals surface area contributed by atoms with Crippen LogP contribution >= 0.6 is 0 Å². The SMILES string of the molecule is CC(C)CC(=O)n1nc(NCc2cccc3ccccc23)nc1NCc1cccc2ccccc12. The fourth-order valence-electron chi connectivity index (χ4n) is 4.35. The molecule has 0 fully saturated rings. The number of benzene rings is 4. The molecular weight excluding hydrogens is 434 g/mol. The lowest BCUT2D eigenvalue weighted by molar-refractivity contribution is 0.0873. The molecule has 5 aromatic rings. The zero-order valence-electron chi connectivity index (χ0n) is 20.0. The Kier molecular flexibility index (Phi) is 6.44. The minimum absolute atomic E-state index is 0.0777. The molecule has 6 nitrogen and oxygen atoms in total. The van der Waals surface area contributed by atoms with Crippen molar-refractivity contribution < 1.29 is 4.79 Å². The van der Waals surface area contributed by atoms with E-state index in [9.17, 15) is 4.79 Å². The smallest absolute Gasteiger partial charge is 0.250 e. The number of hydrogen-bond acceptors (Lipinski definition) is 5. The summed E-state index contributed by atoms with van der Waals surface area (Å²) in [6.45, 7) is 5.15. The zero-order chi connectivity index (χ0) is 24.2. The van der Waals surface area contributed by atoms with E-state index < -0.39 is 0 Å². The molecule has 0 aliphatic carbocycles. The van der Waals surface area contributed by atoms with Crippen LogP contribution in [0.3, 0.4) is 0 Å². The van der Waals surface area contributed by atoms with Gasteiger partial charge in [0.2, 0.25) is 17.8 Å². The van der Waals surface area contributed by atoms with Crippen LogP contribution in [-0.2, 0) is 13.1 Å². The van der Waals surface area contributed by atoms with Crippen molar-refractivity contribution in [2.75, 3.05) is 10.6 Å². The van der Waals surface area contributed by atoms with E-state index >= 15 is 0 Å². The van der Waals surface area contributed by atoms with Gasteiger partial charge in [-0.15, -0.1) is 5.10 Å². The van der Waals surface area contributed by atoms with Gasteiger partial charge in [0.1, 0.15) is 0 Å². The first-order valence-corrected chi connectivity index (χ1v) is 12.0. The molecule has 0 saturated carbocycles. The van der Waals surface area contributed by atoms with Crippen molar-refractivity contribution in [1.29, 1.82) is 0 Å². The van der Waals surface area contributed by atoms with Crippen LogP contribution < -0.4 is 10.6 Å². The maximum atomic E-state index is 13.0. The number of nitrogens with one attached hydrogen (secondary N) is 2. The number of carbonyl (C=O) groups is 1. The summed E-state index contributed by atoms with van der Waals surface area (Å²) in [4.78, 5) is 17.6. The molecule has 1 heterocycles. The van der Waals surface area contributed by atoms with Crippen molar-refractivity contribution in [3.8, 4) is 0 Å². The fourth-order valence-corrected chi connectivity index (χ4v) is 4.35. The van der Waals surface area contributed by atoms with Crippen LogP contribution in [0.4, 0.5) is 11.9 Å². The Morgan fingerprint density at radius 2 is 1.31 bits per heavy atom. The fraction of sp³-hybridized carbons (Fsp3) is 0.207.